The number of rotatable bonds is 5. The Morgan fingerprint density at radius 3 is 2.38 bits per heavy atom. The molecule has 1 aromatic rings. The fraction of sp³-hybridized carbons (Fsp3) is 0.500. The van der Waals surface area contributed by atoms with Crippen LogP contribution >= 0.6 is 0 Å². The molecule has 0 bridgehead atoms. The number of hydrogen-bond donors (Lipinski definition) is 1. The van der Waals surface area contributed by atoms with Gasteiger partial charge in [-0.25, -0.2) is 4.39 Å². The molecule has 0 aliphatic carbocycles. The molecule has 0 amide bonds. The van der Waals surface area contributed by atoms with E-state index in [1.807, 2.05) is 6.92 Å². The lowest BCUT2D eigenvalue weighted by Crippen LogP contribution is -2.02. The maximum atomic E-state index is 13.5. The van der Waals surface area contributed by atoms with E-state index in [1.165, 1.54) is 20.3 Å². The van der Waals surface area contributed by atoms with Gasteiger partial charge >= 0.3 is 0 Å². The van der Waals surface area contributed by atoms with Crippen molar-refractivity contribution in [3.8, 4) is 11.5 Å². The van der Waals surface area contributed by atoms with Crippen LogP contribution in [-0.4, -0.2) is 25.9 Å². The van der Waals surface area contributed by atoms with Crippen molar-refractivity contribution in [1.82, 2.24) is 0 Å². The molecule has 16 heavy (non-hydrogen) atoms. The van der Waals surface area contributed by atoms with Gasteiger partial charge in [0, 0.05) is 12.2 Å². The van der Waals surface area contributed by atoms with Crippen LogP contribution in [0.2, 0.25) is 0 Å². The van der Waals surface area contributed by atoms with Gasteiger partial charge in [0.25, 0.3) is 0 Å². The number of ether oxygens (including phenoxy) is 2. The van der Waals surface area contributed by atoms with Gasteiger partial charge < -0.3 is 14.6 Å². The minimum absolute atomic E-state index is 0.0995. The summed E-state index contributed by atoms with van der Waals surface area (Å²) in [4.78, 5) is 0. The molecule has 0 heterocycles. The summed E-state index contributed by atoms with van der Waals surface area (Å²) in [5.41, 5.74) is 1.69. The fourth-order valence-corrected chi connectivity index (χ4v) is 1.74. The number of methoxy groups -OCH3 is 2. The van der Waals surface area contributed by atoms with Gasteiger partial charge in [0.1, 0.15) is 0 Å². The first-order valence-electron chi connectivity index (χ1n) is 5.16. The Bertz CT molecular complexity index is 364. The van der Waals surface area contributed by atoms with Gasteiger partial charge in [0.15, 0.2) is 17.3 Å². The molecule has 3 nitrogen and oxygen atoms in total. The smallest absolute Gasteiger partial charge is 0.197 e. The number of hydrogen-bond acceptors (Lipinski definition) is 3. The van der Waals surface area contributed by atoms with E-state index in [1.54, 1.807) is 0 Å². The number of halogens is 1. The summed E-state index contributed by atoms with van der Waals surface area (Å²) in [6, 6.07) is 1.42. The van der Waals surface area contributed by atoms with Crippen molar-refractivity contribution >= 4 is 0 Å². The van der Waals surface area contributed by atoms with Crippen LogP contribution in [0.15, 0.2) is 6.07 Å². The third-order valence-electron chi connectivity index (χ3n) is 2.51. The molecule has 0 spiro atoms. The molecule has 0 radical (unpaired) electrons. The van der Waals surface area contributed by atoms with Crippen LogP contribution in [0.3, 0.4) is 0 Å². The zero-order valence-electron chi connectivity index (χ0n) is 9.84. The van der Waals surface area contributed by atoms with E-state index < -0.39 is 5.82 Å². The van der Waals surface area contributed by atoms with Gasteiger partial charge in [-0.3, -0.25) is 0 Å². The summed E-state index contributed by atoms with van der Waals surface area (Å²) in [7, 11) is 2.89. The Balaban J connectivity index is 3.22. The second kappa shape index (κ2) is 5.70. The molecular weight excluding hydrogens is 211 g/mol. The van der Waals surface area contributed by atoms with Crippen LogP contribution in [0.1, 0.15) is 17.5 Å². The molecule has 0 aliphatic rings. The van der Waals surface area contributed by atoms with E-state index in [4.69, 9.17) is 14.6 Å². The number of aliphatic hydroxyl groups excluding tert-OH is 1. The summed E-state index contributed by atoms with van der Waals surface area (Å²) in [5.74, 6) is 0.124. The van der Waals surface area contributed by atoms with Gasteiger partial charge in [-0.15, -0.1) is 0 Å². The third-order valence-corrected chi connectivity index (χ3v) is 2.51. The van der Waals surface area contributed by atoms with Crippen molar-refractivity contribution in [1.29, 1.82) is 0 Å². The number of aryl methyl sites for hydroxylation is 1. The number of benzene rings is 1. The predicted molar refractivity (Wildman–Crippen MR) is 59.6 cm³/mol. The maximum absolute atomic E-state index is 13.5. The van der Waals surface area contributed by atoms with Gasteiger partial charge in [-0.1, -0.05) is 0 Å². The van der Waals surface area contributed by atoms with Crippen molar-refractivity contribution in [3.05, 3.63) is 23.0 Å². The molecule has 0 saturated heterocycles. The largest absolute Gasteiger partial charge is 0.492 e. The van der Waals surface area contributed by atoms with Crippen molar-refractivity contribution < 1.29 is 19.0 Å². The molecule has 1 N–H and O–H groups in total. The summed E-state index contributed by atoms with van der Waals surface area (Å²) < 4.78 is 23.7. The summed E-state index contributed by atoms with van der Waals surface area (Å²) in [6.45, 7) is 1.92. The highest BCUT2D eigenvalue weighted by Crippen LogP contribution is 2.36. The van der Waals surface area contributed by atoms with E-state index >= 15 is 0 Å². The van der Waals surface area contributed by atoms with Gasteiger partial charge in [0.05, 0.1) is 14.2 Å². The highest BCUT2D eigenvalue weighted by atomic mass is 19.1. The summed E-state index contributed by atoms with van der Waals surface area (Å²) in [6.07, 6.45) is 1.26. The molecule has 1 rings (SSSR count). The van der Waals surface area contributed by atoms with Crippen molar-refractivity contribution in [2.45, 2.75) is 19.8 Å². The first kappa shape index (κ1) is 12.8. The van der Waals surface area contributed by atoms with Crippen molar-refractivity contribution in [2.75, 3.05) is 20.8 Å². The average molecular weight is 228 g/mol. The minimum atomic E-state index is -0.426. The van der Waals surface area contributed by atoms with Gasteiger partial charge in [-0.05, 0) is 31.4 Å². The molecule has 0 atom stereocenters. The van der Waals surface area contributed by atoms with Crippen LogP contribution in [0.4, 0.5) is 4.39 Å². The Kier molecular flexibility index (Phi) is 4.55. The molecule has 0 aromatic heterocycles. The fourth-order valence-electron chi connectivity index (χ4n) is 1.74. The van der Waals surface area contributed by atoms with Gasteiger partial charge in [0.2, 0.25) is 0 Å². The molecular formula is C12H17FO3. The Hall–Kier alpha value is -1.29. The highest BCUT2D eigenvalue weighted by molar-refractivity contribution is 5.51. The Labute approximate surface area is 94.8 Å². The van der Waals surface area contributed by atoms with E-state index in [2.05, 4.69) is 0 Å². The van der Waals surface area contributed by atoms with Gasteiger partial charge in [-0.2, -0.15) is 0 Å². The Morgan fingerprint density at radius 1 is 1.25 bits per heavy atom. The maximum Gasteiger partial charge on any atom is 0.197 e. The average Bonchev–Trinajstić information content (AvgIpc) is 2.27. The SMILES string of the molecule is COc1c(F)cc(C)c(CCCO)c1OC. The van der Waals surface area contributed by atoms with Crippen LogP contribution in [0.5, 0.6) is 11.5 Å². The molecule has 0 fully saturated rings. The molecule has 0 aliphatic heterocycles. The monoisotopic (exact) mass is 228 g/mol. The van der Waals surface area contributed by atoms with Crippen LogP contribution in [-0.2, 0) is 6.42 Å². The van der Waals surface area contributed by atoms with Crippen molar-refractivity contribution in [2.24, 2.45) is 0 Å². The lowest BCUT2D eigenvalue weighted by molar-refractivity contribution is 0.286. The van der Waals surface area contributed by atoms with Crippen LogP contribution in [0, 0.1) is 12.7 Å². The topological polar surface area (TPSA) is 38.7 Å². The zero-order valence-corrected chi connectivity index (χ0v) is 9.84. The molecule has 4 heteroatoms. The standard InChI is InChI=1S/C12H17FO3/c1-8-7-10(13)12(16-3)11(15-2)9(8)5-4-6-14/h7,14H,4-6H2,1-3H3. The highest BCUT2D eigenvalue weighted by Gasteiger charge is 2.17. The second-order valence-electron chi connectivity index (χ2n) is 3.55. The first-order valence-corrected chi connectivity index (χ1v) is 5.16. The zero-order chi connectivity index (χ0) is 12.1. The Morgan fingerprint density at radius 2 is 1.88 bits per heavy atom. The predicted octanol–water partition coefficient (Wildman–Crippen LogP) is 2.08. The molecule has 0 saturated carbocycles. The van der Waals surface area contributed by atoms with E-state index in [0.717, 1.165) is 11.1 Å². The van der Waals surface area contributed by atoms with Crippen molar-refractivity contribution in [3.63, 3.8) is 0 Å². The van der Waals surface area contributed by atoms with E-state index in [9.17, 15) is 4.39 Å². The summed E-state index contributed by atoms with van der Waals surface area (Å²) in [5, 5.41) is 8.82. The second-order valence-corrected chi connectivity index (χ2v) is 3.55. The third kappa shape index (κ3) is 2.44. The van der Waals surface area contributed by atoms with E-state index in [0.29, 0.717) is 18.6 Å². The first-order chi connectivity index (χ1) is 7.65. The van der Waals surface area contributed by atoms with E-state index in [-0.39, 0.29) is 12.4 Å². The van der Waals surface area contributed by atoms with Crippen LogP contribution < -0.4 is 9.47 Å². The normalized spacial score (nSPS) is 10.3. The molecule has 90 valence electrons. The molecule has 0 unspecified atom stereocenters. The lowest BCUT2D eigenvalue weighted by Gasteiger charge is -2.15. The summed E-state index contributed by atoms with van der Waals surface area (Å²) >= 11 is 0. The number of aliphatic hydroxyl groups is 1. The minimum Gasteiger partial charge on any atom is -0.492 e. The lowest BCUT2D eigenvalue weighted by atomic mass is 10.0. The van der Waals surface area contributed by atoms with Crippen LogP contribution in [0.25, 0.3) is 0 Å². The molecule has 1 aromatic carbocycles. The quantitative estimate of drug-likeness (QED) is 0.838.